The number of nitrogens with one attached hydrogen (secondary N) is 1. The second kappa shape index (κ2) is 10.5. The van der Waals surface area contributed by atoms with Gasteiger partial charge >= 0.3 is 5.97 Å². The highest BCUT2D eigenvalue weighted by Gasteiger charge is 2.25. The summed E-state index contributed by atoms with van der Waals surface area (Å²) in [5.41, 5.74) is 1.43. The Labute approximate surface area is 170 Å². The van der Waals surface area contributed by atoms with E-state index >= 15 is 0 Å². The maximum Gasteiger partial charge on any atom is 0.349 e. The van der Waals surface area contributed by atoms with Crippen molar-refractivity contribution in [1.29, 1.82) is 0 Å². The maximum atomic E-state index is 12.8. The number of carbonyl (C=O) groups excluding carboxylic acids is 1. The molecule has 2 rings (SSSR count). The molecular weight excluding hydrogens is 398 g/mol. The zero-order chi connectivity index (χ0) is 20.6. The number of esters is 1. The first kappa shape index (κ1) is 22.2. The van der Waals surface area contributed by atoms with Crippen LogP contribution in [-0.2, 0) is 21.2 Å². The molecule has 0 aliphatic carbocycles. The number of unbranched alkanes of at least 4 members (excludes halogenated alkanes) is 4. The van der Waals surface area contributed by atoms with Gasteiger partial charge in [-0.05, 0) is 42.0 Å². The molecule has 6 nitrogen and oxygen atoms in total. The van der Waals surface area contributed by atoms with Crippen LogP contribution in [0.4, 0.5) is 5.69 Å². The molecule has 1 aromatic heterocycles. The molecule has 0 unspecified atom stereocenters. The standard InChI is InChI=1S/C20H27NO5S2/c1-4-5-6-7-8-9-15-10-11-16(17(14-15)25-2)21-28(23,24)18-12-13-27-19(18)20(22)26-3/h10-14,21H,4-9H2,1-3H3. The van der Waals surface area contributed by atoms with Crippen molar-refractivity contribution in [1.82, 2.24) is 0 Å². The smallest absolute Gasteiger partial charge is 0.349 e. The summed E-state index contributed by atoms with van der Waals surface area (Å²) in [4.78, 5) is 11.7. The monoisotopic (exact) mass is 425 g/mol. The number of ether oxygens (including phenoxy) is 2. The number of hydrogen-bond donors (Lipinski definition) is 1. The van der Waals surface area contributed by atoms with Crippen LogP contribution in [-0.4, -0.2) is 28.6 Å². The van der Waals surface area contributed by atoms with E-state index in [-0.39, 0.29) is 9.77 Å². The van der Waals surface area contributed by atoms with E-state index in [9.17, 15) is 13.2 Å². The third-order valence-corrected chi connectivity index (χ3v) is 6.80. The van der Waals surface area contributed by atoms with E-state index < -0.39 is 16.0 Å². The fourth-order valence-corrected chi connectivity index (χ4v) is 5.26. The number of aryl methyl sites for hydroxylation is 1. The van der Waals surface area contributed by atoms with Gasteiger partial charge in [-0.25, -0.2) is 13.2 Å². The Bertz CT molecular complexity index is 890. The Hall–Kier alpha value is -2.06. The van der Waals surface area contributed by atoms with Crippen molar-refractivity contribution in [3.05, 3.63) is 40.1 Å². The number of anilines is 1. The van der Waals surface area contributed by atoms with E-state index in [1.54, 1.807) is 11.4 Å². The van der Waals surface area contributed by atoms with Crippen molar-refractivity contribution in [3.8, 4) is 5.75 Å². The number of carbonyl (C=O) groups is 1. The minimum atomic E-state index is -3.95. The molecule has 0 saturated heterocycles. The van der Waals surface area contributed by atoms with Gasteiger partial charge in [0.1, 0.15) is 15.5 Å². The molecule has 0 spiro atoms. The van der Waals surface area contributed by atoms with E-state index in [1.807, 2.05) is 12.1 Å². The molecule has 1 heterocycles. The first-order chi connectivity index (χ1) is 13.4. The van der Waals surface area contributed by atoms with Gasteiger partial charge < -0.3 is 9.47 Å². The second-order valence-electron chi connectivity index (χ2n) is 6.41. The third kappa shape index (κ3) is 5.72. The first-order valence-electron chi connectivity index (χ1n) is 9.28. The maximum absolute atomic E-state index is 12.8. The highest BCUT2D eigenvalue weighted by atomic mass is 32.2. The zero-order valence-corrected chi connectivity index (χ0v) is 18.1. The summed E-state index contributed by atoms with van der Waals surface area (Å²) in [7, 11) is -1.23. The lowest BCUT2D eigenvalue weighted by molar-refractivity contribution is 0.0602. The second-order valence-corrected chi connectivity index (χ2v) is 8.98. The quantitative estimate of drug-likeness (QED) is 0.411. The van der Waals surface area contributed by atoms with E-state index in [0.717, 1.165) is 29.7 Å². The Morgan fingerprint density at radius 2 is 1.86 bits per heavy atom. The SMILES string of the molecule is CCCCCCCc1ccc(NS(=O)(=O)c2ccsc2C(=O)OC)c(OC)c1. The van der Waals surface area contributed by atoms with Crippen molar-refractivity contribution in [2.75, 3.05) is 18.9 Å². The lowest BCUT2D eigenvalue weighted by Gasteiger charge is -2.13. The van der Waals surface area contributed by atoms with E-state index in [1.165, 1.54) is 46.0 Å². The number of rotatable bonds is 11. The zero-order valence-electron chi connectivity index (χ0n) is 16.5. The van der Waals surface area contributed by atoms with E-state index in [0.29, 0.717) is 11.4 Å². The molecule has 0 aliphatic heterocycles. The molecule has 0 amide bonds. The van der Waals surface area contributed by atoms with Gasteiger partial charge in [0.15, 0.2) is 0 Å². The van der Waals surface area contributed by atoms with Crippen molar-refractivity contribution in [2.45, 2.75) is 50.3 Å². The Kier molecular flexibility index (Phi) is 8.32. The number of methoxy groups -OCH3 is 2. The van der Waals surface area contributed by atoms with Crippen LogP contribution in [0.2, 0.25) is 0 Å². The molecule has 28 heavy (non-hydrogen) atoms. The third-order valence-electron chi connectivity index (χ3n) is 4.37. The van der Waals surface area contributed by atoms with Crippen LogP contribution in [0.1, 0.15) is 54.3 Å². The van der Waals surface area contributed by atoms with Gasteiger partial charge in [0.05, 0.1) is 19.9 Å². The van der Waals surface area contributed by atoms with Crippen LogP contribution in [0.15, 0.2) is 34.5 Å². The van der Waals surface area contributed by atoms with Crippen LogP contribution < -0.4 is 9.46 Å². The Morgan fingerprint density at radius 1 is 1.11 bits per heavy atom. The van der Waals surface area contributed by atoms with Gasteiger partial charge in [0, 0.05) is 0 Å². The average molecular weight is 426 g/mol. The lowest BCUT2D eigenvalue weighted by atomic mass is 10.0. The van der Waals surface area contributed by atoms with Crippen molar-refractivity contribution in [2.24, 2.45) is 0 Å². The molecule has 0 radical (unpaired) electrons. The fourth-order valence-electron chi connectivity index (χ4n) is 2.86. The largest absolute Gasteiger partial charge is 0.495 e. The number of thiophene rings is 1. The molecule has 0 bridgehead atoms. The summed E-state index contributed by atoms with van der Waals surface area (Å²) >= 11 is 1.02. The number of benzene rings is 1. The summed E-state index contributed by atoms with van der Waals surface area (Å²) < 4.78 is 38.1. The topological polar surface area (TPSA) is 81.7 Å². The molecule has 0 atom stereocenters. The summed E-state index contributed by atoms with van der Waals surface area (Å²) in [6, 6.07) is 6.83. The highest BCUT2D eigenvalue weighted by Crippen LogP contribution is 2.31. The predicted octanol–water partition coefficient (Wildman–Crippen LogP) is 4.86. The normalized spacial score (nSPS) is 11.2. The van der Waals surface area contributed by atoms with E-state index in [4.69, 9.17) is 4.74 Å². The summed E-state index contributed by atoms with van der Waals surface area (Å²) in [6.07, 6.45) is 6.88. The summed E-state index contributed by atoms with van der Waals surface area (Å²) in [6.45, 7) is 2.19. The highest BCUT2D eigenvalue weighted by molar-refractivity contribution is 7.93. The molecule has 1 aromatic carbocycles. The van der Waals surface area contributed by atoms with Gasteiger partial charge in [-0.15, -0.1) is 11.3 Å². The number of hydrogen-bond acceptors (Lipinski definition) is 6. The van der Waals surface area contributed by atoms with Gasteiger partial charge in [-0.2, -0.15) is 0 Å². The molecular formula is C20H27NO5S2. The van der Waals surface area contributed by atoms with Gasteiger partial charge in [-0.1, -0.05) is 38.7 Å². The predicted molar refractivity (Wildman–Crippen MR) is 112 cm³/mol. The molecule has 0 fully saturated rings. The molecule has 1 N–H and O–H groups in total. The minimum Gasteiger partial charge on any atom is -0.495 e. The van der Waals surface area contributed by atoms with Gasteiger partial charge in [-0.3, -0.25) is 4.72 Å². The van der Waals surface area contributed by atoms with E-state index in [2.05, 4.69) is 16.4 Å². The molecule has 0 saturated carbocycles. The summed E-state index contributed by atoms with van der Waals surface area (Å²) in [5.74, 6) is -0.231. The molecule has 8 heteroatoms. The number of sulfonamides is 1. The Balaban J connectivity index is 2.15. The molecule has 2 aromatic rings. The molecule has 0 aliphatic rings. The lowest BCUT2D eigenvalue weighted by Crippen LogP contribution is -2.16. The summed E-state index contributed by atoms with van der Waals surface area (Å²) in [5, 5.41) is 1.54. The van der Waals surface area contributed by atoms with Gasteiger partial charge in [0.25, 0.3) is 10.0 Å². The van der Waals surface area contributed by atoms with Crippen molar-refractivity contribution < 1.29 is 22.7 Å². The van der Waals surface area contributed by atoms with Crippen molar-refractivity contribution in [3.63, 3.8) is 0 Å². The van der Waals surface area contributed by atoms with Gasteiger partial charge in [0.2, 0.25) is 0 Å². The van der Waals surface area contributed by atoms with Crippen LogP contribution in [0.25, 0.3) is 0 Å². The average Bonchev–Trinajstić information content (AvgIpc) is 3.19. The minimum absolute atomic E-state index is 0.0395. The fraction of sp³-hybridized carbons (Fsp3) is 0.450. The molecule has 154 valence electrons. The van der Waals surface area contributed by atoms with Crippen LogP contribution in [0.5, 0.6) is 5.75 Å². The van der Waals surface area contributed by atoms with Crippen LogP contribution >= 0.6 is 11.3 Å². The first-order valence-corrected chi connectivity index (χ1v) is 11.6. The van der Waals surface area contributed by atoms with Crippen LogP contribution in [0, 0.1) is 0 Å². The Morgan fingerprint density at radius 3 is 2.54 bits per heavy atom. The van der Waals surface area contributed by atoms with Crippen molar-refractivity contribution >= 4 is 33.0 Å². The van der Waals surface area contributed by atoms with Crippen LogP contribution in [0.3, 0.4) is 0 Å².